The molecule has 0 unspecified atom stereocenters. The first-order chi connectivity index (χ1) is 11.3. The summed E-state index contributed by atoms with van der Waals surface area (Å²) >= 11 is 0.213. The van der Waals surface area contributed by atoms with Gasteiger partial charge in [-0.15, -0.1) is 0 Å². The minimum atomic E-state index is -0.0801. The molecule has 0 fully saturated rings. The first-order valence-electron chi connectivity index (χ1n) is 7.30. The molecule has 4 heteroatoms. The number of benzene rings is 2. The molecule has 23 heavy (non-hydrogen) atoms. The first kappa shape index (κ1) is 15.5. The Morgan fingerprint density at radius 2 is 1.74 bits per heavy atom. The summed E-state index contributed by atoms with van der Waals surface area (Å²) in [5.74, 6) is -0.0801. The molecule has 3 nitrogen and oxygen atoms in total. The third-order valence-corrected chi connectivity index (χ3v) is 5.69. The van der Waals surface area contributed by atoms with Crippen molar-refractivity contribution in [2.24, 2.45) is 0 Å². The maximum atomic E-state index is 12.5. The summed E-state index contributed by atoms with van der Waals surface area (Å²) in [4.78, 5) is 16.5. The number of pyridine rings is 1. The number of nitrogens with zero attached hydrogens (tertiary/aromatic N) is 1. The van der Waals surface area contributed by atoms with Gasteiger partial charge in [-0.1, -0.05) is 0 Å². The van der Waals surface area contributed by atoms with Crippen LogP contribution in [0, 0.1) is 0 Å². The Morgan fingerprint density at radius 1 is 0.957 bits per heavy atom. The number of hydrogen-bond donors (Lipinski definition) is 1. The summed E-state index contributed by atoms with van der Waals surface area (Å²) in [6, 6.07) is 21.8. The Kier molecular flexibility index (Phi) is 5.20. The molecule has 3 aromatic rings. The molecule has 0 aliphatic heterocycles. The predicted octanol–water partition coefficient (Wildman–Crippen LogP) is 2.86. The SMILES string of the molecule is O=C(Nc1cccnc1)c1ccccc1[Se]Cc1ccccc1. The Morgan fingerprint density at radius 3 is 2.52 bits per heavy atom. The van der Waals surface area contributed by atoms with Crippen molar-refractivity contribution in [1.29, 1.82) is 0 Å². The standard InChI is InChI=1S/C19H16N2OSe/c22-19(21-16-9-6-12-20-13-16)17-10-4-5-11-18(17)23-14-15-7-2-1-3-8-15/h1-13H,14H2,(H,21,22). The fourth-order valence-corrected chi connectivity index (χ4v) is 4.26. The molecule has 1 amide bonds. The van der Waals surface area contributed by atoms with E-state index in [9.17, 15) is 4.79 Å². The van der Waals surface area contributed by atoms with E-state index in [0.29, 0.717) is 5.69 Å². The zero-order valence-corrected chi connectivity index (χ0v) is 14.2. The van der Waals surface area contributed by atoms with Crippen LogP contribution in [0.4, 0.5) is 5.69 Å². The molecule has 0 atom stereocenters. The molecular weight excluding hydrogens is 351 g/mol. The van der Waals surface area contributed by atoms with Crippen molar-refractivity contribution < 1.29 is 4.79 Å². The zero-order valence-electron chi connectivity index (χ0n) is 12.5. The molecule has 0 radical (unpaired) electrons. The molecule has 1 aromatic heterocycles. The monoisotopic (exact) mass is 368 g/mol. The van der Waals surface area contributed by atoms with E-state index in [1.165, 1.54) is 5.56 Å². The van der Waals surface area contributed by atoms with Crippen molar-refractivity contribution in [1.82, 2.24) is 4.98 Å². The summed E-state index contributed by atoms with van der Waals surface area (Å²) in [5.41, 5.74) is 2.75. The molecule has 0 aliphatic carbocycles. The van der Waals surface area contributed by atoms with Crippen molar-refractivity contribution in [3.8, 4) is 0 Å². The normalized spacial score (nSPS) is 10.3. The van der Waals surface area contributed by atoms with Gasteiger partial charge in [0.15, 0.2) is 0 Å². The summed E-state index contributed by atoms with van der Waals surface area (Å²) in [6.07, 6.45) is 3.34. The van der Waals surface area contributed by atoms with Crippen LogP contribution in [-0.4, -0.2) is 25.8 Å². The Labute approximate surface area is 141 Å². The molecule has 0 saturated heterocycles. The quantitative estimate of drug-likeness (QED) is 0.705. The second kappa shape index (κ2) is 7.72. The Hall–Kier alpha value is -2.42. The van der Waals surface area contributed by atoms with Crippen molar-refractivity contribution in [2.45, 2.75) is 5.32 Å². The van der Waals surface area contributed by atoms with E-state index >= 15 is 0 Å². The third kappa shape index (κ3) is 4.28. The van der Waals surface area contributed by atoms with Crippen LogP contribution in [0.5, 0.6) is 0 Å². The van der Waals surface area contributed by atoms with Gasteiger partial charge in [0.2, 0.25) is 0 Å². The number of carbonyl (C=O) groups is 1. The van der Waals surface area contributed by atoms with Gasteiger partial charge >= 0.3 is 142 Å². The average Bonchev–Trinajstić information content (AvgIpc) is 2.62. The van der Waals surface area contributed by atoms with E-state index in [4.69, 9.17) is 0 Å². The number of nitrogens with one attached hydrogen (secondary N) is 1. The molecule has 2 aromatic carbocycles. The summed E-state index contributed by atoms with van der Waals surface area (Å²) in [6.45, 7) is 0. The summed E-state index contributed by atoms with van der Waals surface area (Å²) in [7, 11) is 0. The van der Waals surface area contributed by atoms with Crippen LogP contribution in [0.3, 0.4) is 0 Å². The Balaban J connectivity index is 1.73. The summed E-state index contributed by atoms with van der Waals surface area (Å²) in [5, 5.41) is 3.88. The van der Waals surface area contributed by atoms with E-state index in [-0.39, 0.29) is 20.9 Å². The van der Waals surface area contributed by atoms with Crippen LogP contribution < -0.4 is 9.78 Å². The number of aromatic nitrogens is 1. The maximum absolute atomic E-state index is 12.5. The van der Waals surface area contributed by atoms with Crippen LogP contribution in [0.2, 0.25) is 0 Å². The molecule has 0 bridgehead atoms. The molecule has 1 heterocycles. The van der Waals surface area contributed by atoms with Crippen LogP contribution >= 0.6 is 0 Å². The molecular formula is C19H16N2OSe. The van der Waals surface area contributed by atoms with Crippen molar-refractivity contribution in [3.63, 3.8) is 0 Å². The third-order valence-electron chi connectivity index (χ3n) is 3.29. The molecule has 3 rings (SSSR count). The van der Waals surface area contributed by atoms with E-state index in [1.807, 2.05) is 48.5 Å². The molecule has 0 spiro atoms. The van der Waals surface area contributed by atoms with Gasteiger partial charge in [-0.25, -0.2) is 0 Å². The van der Waals surface area contributed by atoms with Crippen LogP contribution in [0.25, 0.3) is 0 Å². The fourth-order valence-electron chi connectivity index (χ4n) is 2.15. The first-order valence-corrected chi connectivity index (χ1v) is 9.37. The number of hydrogen-bond acceptors (Lipinski definition) is 2. The van der Waals surface area contributed by atoms with Crippen molar-refractivity contribution in [3.05, 3.63) is 90.3 Å². The van der Waals surface area contributed by atoms with Crippen molar-refractivity contribution in [2.75, 3.05) is 5.32 Å². The second-order valence-electron chi connectivity index (χ2n) is 4.97. The van der Waals surface area contributed by atoms with Crippen LogP contribution in [0.15, 0.2) is 79.1 Å². The predicted molar refractivity (Wildman–Crippen MR) is 94.2 cm³/mol. The van der Waals surface area contributed by atoms with Gasteiger partial charge in [0.1, 0.15) is 0 Å². The van der Waals surface area contributed by atoms with Gasteiger partial charge in [0.05, 0.1) is 0 Å². The second-order valence-corrected chi connectivity index (χ2v) is 7.10. The van der Waals surface area contributed by atoms with Gasteiger partial charge in [-0.2, -0.15) is 0 Å². The molecule has 114 valence electrons. The van der Waals surface area contributed by atoms with Gasteiger partial charge in [-0.3, -0.25) is 0 Å². The fraction of sp³-hybridized carbons (Fsp3) is 0.0526. The van der Waals surface area contributed by atoms with Crippen LogP contribution in [-0.2, 0) is 5.32 Å². The molecule has 1 N–H and O–H groups in total. The van der Waals surface area contributed by atoms with E-state index < -0.39 is 0 Å². The van der Waals surface area contributed by atoms with Gasteiger partial charge in [0.25, 0.3) is 0 Å². The zero-order chi connectivity index (χ0) is 15.9. The number of anilines is 1. The number of rotatable bonds is 5. The minimum absolute atomic E-state index is 0.0801. The van der Waals surface area contributed by atoms with Gasteiger partial charge < -0.3 is 0 Å². The van der Waals surface area contributed by atoms with E-state index in [2.05, 4.69) is 22.4 Å². The van der Waals surface area contributed by atoms with E-state index in [1.54, 1.807) is 18.5 Å². The number of amides is 1. The van der Waals surface area contributed by atoms with E-state index in [0.717, 1.165) is 15.3 Å². The number of carbonyl (C=O) groups excluding carboxylic acids is 1. The molecule has 0 saturated carbocycles. The average molecular weight is 367 g/mol. The topological polar surface area (TPSA) is 42.0 Å². The van der Waals surface area contributed by atoms with Crippen LogP contribution in [0.1, 0.15) is 15.9 Å². The summed E-state index contributed by atoms with van der Waals surface area (Å²) < 4.78 is 1.12. The molecule has 0 aliphatic rings. The van der Waals surface area contributed by atoms with Crippen molar-refractivity contribution >= 4 is 31.0 Å². The van der Waals surface area contributed by atoms with Gasteiger partial charge in [-0.05, 0) is 0 Å². The Bertz CT molecular complexity index is 776. The van der Waals surface area contributed by atoms with Gasteiger partial charge in [0, 0.05) is 0 Å².